The van der Waals surface area contributed by atoms with E-state index in [9.17, 15) is 9.18 Å². The molecule has 5 rings (SSSR count). The standard InChI is InChI=1S/C29H30FN3O2/c1-20(2)22-10-3-8-15-27(22)35-17-9-16-32-26-14-7-5-12-24(26)31-29(32)21-18-28(34)33(19-21)25-13-6-4-11-23(25)30/h3-8,10-15,20-21H,9,16-19H2,1-2H3. The van der Waals surface area contributed by atoms with E-state index in [-0.39, 0.29) is 17.6 Å². The molecule has 6 heteroatoms. The predicted octanol–water partition coefficient (Wildman–Crippen LogP) is 6.29. The van der Waals surface area contributed by atoms with Gasteiger partial charge in [-0.15, -0.1) is 0 Å². The lowest BCUT2D eigenvalue weighted by molar-refractivity contribution is -0.117. The zero-order valence-electron chi connectivity index (χ0n) is 20.2. The Labute approximate surface area is 205 Å². The van der Waals surface area contributed by atoms with Crippen LogP contribution in [-0.4, -0.2) is 28.6 Å². The van der Waals surface area contributed by atoms with Crippen molar-refractivity contribution in [3.8, 4) is 5.75 Å². The first-order valence-electron chi connectivity index (χ1n) is 12.2. The van der Waals surface area contributed by atoms with Crippen molar-refractivity contribution in [2.24, 2.45) is 0 Å². The molecule has 0 saturated carbocycles. The first-order valence-corrected chi connectivity index (χ1v) is 12.2. The quantitative estimate of drug-likeness (QED) is 0.284. The third-order valence-corrected chi connectivity index (χ3v) is 6.64. The second-order valence-corrected chi connectivity index (χ2v) is 9.36. The summed E-state index contributed by atoms with van der Waals surface area (Å²) < 4.78 is 22.7. The van der Waals surface area contributed by atoms with Gasteiger partial charge in [-0.2, -0.15) is 0 Å². The molecule has 1 saturated heterocycles. The van der Waals surface area contributed by atoms with Gasteiger partial charge in [-0.25, -0.2) is 9.37 Å². The van der Waals surface area contributed by atoms with Gasteiger partial charge in [0.05, 0.1) is 23.3 Å². The number of imidazole rings is 1. The molecular formula is C29H30FN3O2. The van der Waals surface area contributed by atoms with Gasteiger partial charge in [0.25, 0.3) is 0 Å². The van der Waals surface area contributed by atoms with Gasteiger partial charge in [-0.05, 0) is 48.2 Å². The van der Waals surface area contributed by atoms with Gasteiger partial charge in [0, 0.05) is 25.4 Å². The van der Waals surface area contributed by atoms with E-state index in [0.717, 1.165) is 35.6 Å². The molecule has 3 aromatic carbocycles. The number of halogens is 1. The topological polar surface area (TPSA) is 47.4 Å². The monoisotopic (exact) mass is 471 g/mol. The normalized spacial score (nSPS) is 15.9. The van der Waals surface area contributed by atoms with Crippen molar-refractivity contribution in [2.75, 3.05) is 18.1 Å². The van der Waals surface area contributed by atoms with Gasteiger partial charge in [0.1, 0.15) is 17.4 Å². The highest BCUT2D eigenvalue weighted by atomic mass is 19.1. The predicted molar refractivity (Wildman–Crippen MR) is 136 cm³/mol. The summed E-state index contributed by atoms with van der Waals surface area (Å²) in [4.78, 5) is 19.3. The van der Waals surface area contributed by atoms with Crippen LogP contribution >= 0.6 is 0 Å². The lowest BCUT2D eigenvalue weighted by Gasteiger charge is -2.18. The Hall–Kier alpha value is -3.67. The smallest absolute Gasteiger partial charge is 0.227 e. The fourth-order valence-corrected chi connectivity index (χ4v) is 4.92. The summed E-state index contributed by atoms with van der Waals surface area (Å²) in [5.74, 6) is 1.65. The Bertz CT molecular complexity index is 1350. The minimum absolute atomic E-state index is 0.0765. The molecule has 1 aromatic heterocycles. The molecule has 5 nitrogen and oxygen atoms in total. The van der Waals surface area contributed by atoms with Crippen molar-refractivity contribution in [3.63, 3.8) is 0 Å². The average Bonchev–Trinajstić information content (AvgIpc) is 3.42. The molecule has 1 unspecified atom stereocenters. The highest BCUT2D eigenvalue weighted by molar-refractivity contribution is 5.96. The fraction of sp³-hybridized carbons (Fsp3) is 0.310. The van der Waals surface area contributed by atoms with Crippen LogP contribution in [0.1, 0.15) is 49.9 Å². The van der Waals surface area contributed by atoms with Crippen LogP contribution in [-0.2, 0) is 11.3 Å². The number of amides is 1. The van der Waals surface area contributed by atoms with E-state index in [2.05, 4.69) is 30.5 Å². The molecule has 2 heterocycles. The minimum Gasteiger partial charge on any atom is -0.493 e. The number of ether oxygens (including phenoxy) is 1. The average molecular weight is 472 g/mol. The van der Waals surface area contributed by atoms with Gasteiger partial charge < -0.3 is 14.2 Å². The summed E-state index contributed by atoms with van der Waals surface area (Å²) >= 11 is 0. The summed E-state index contributed by atoms with van der Waals surface area (Å²) in [6, 6.07) is 22.7. The van der Waals surface area contributed by atoms with Crippen LogP contribution in [0.2, 0.25) is 0 Å². The van der Waals surface area contributed by atoms with E-state index in [1.807, 2.05) is 36.4 Å². The summed E-state index contributed by atoms with van der Waals surface area (Å²) in [6.07, 6.45) is 1.12. The largest absolute Gasteiger partial charge is 0.493 e. The molecule has 1 fully saturated rings. The first-order chi connectivity index (χ1) is 17.0. The maximum absolute atomic E-state index is 14.4. The maximum atomic E-state index is 14.4. The number of hydrogen-bond donors (Lipinski definition) is 0. The van der Waals surface area contributed by atoms with Gasteiger partial charge in [-0.3, -0.25) is 4.79 Å². The highest BCUT2D eigenvalue weighted by Crippen LogP contribution is 2.34. The number of fused-ring (bicyclic) bond motifs is 1. The van der Waals surface area contributed by atoms with Gasteiger partial charge in [0.15, 0.2) is 0 Å². The number of rotatable bonds is 8. The van der Waals surface area contributed by atoms with E-state index in [4.69, 9.17) is 9.72 Å². The van der Waals surface area contributed by atoms with Gasteiger partial charge in [0.2, 0.25) is 5.91 Å². The summed E-state index contributed by atoms with van der Waals surface area (Å²) in [7, 11) is 0. The van der Waals surface area contributed by atoms with E-state index in [0.29, 0.717) is 31.2 Å². The van der Waals surface area contributed by atoms with E-state index >= 15 is 0 Å². The lowest BCUT2D eigenvalue weighted by atomic mass is 10.0. The van der Waals surface area contributed by atoms with Crippen LogP contribution in [0.4, 0.5) is 10.1 Å². The first kappa shape index (κ1) is 23.1. The van der Waals surface area contributed by atoms with Crippen LogP contribution in [0, 0.1) is 5.82 Å². The molecule has 180 valence electrons. The fourth-order valence-electron chi connectivity index (χ4n) is 4.92. The van der Waals surface area contributed by atoms with Crippen LogP contribution in [0.5, 0.6) is 5.75 Å². The Balaban J connectivity index is 1.35. The zero-order chi connectivity index (χ0) is 24.4. The number of para-hydroxylation sites is 4. The van der Waals surface area contributed by atoms with Crippen molar-refractivity contribution in [2.45, 2.75) is 45.1 Å². The number of carbonyl (C=O) groups excluding carboxylic acids is 1. The highest BCUT2D eigenvalue weighted by Gasteiger charge is 2.35. The second-order valence-electron chi connectivity index (χ2n) is 9.36. The maximum Gasteiger partial charge on any atom is 0.227 e. The number of hydrogen-bond acceptors (Lipinski definition) is 3. The van der Waals surface area contributed by atoms with Crippen molar-refractivity contribution in [3.05, 3.63) is 90.0 Å². The molecule has 1 atom stereocenters. The van der Waals surface area contributed by atoms with Gasteiger partial charge >= 0.3 is 0 Å². The molecule has 0 radical (unpaired) electrons. The van der Waals surface area contributed by atoms with E-state index < -0.39 is 0 Å². The Kier molecular flexibility index (Phi) is 6.53. The molecule has 1 aliphatic heterocycles. The van der Waals surface area contributed by atoms with Crippen LogP contribution < -0.4 is 9.64 Å². The van der Waals surface area contributed by atoms with Crippen molar-refractivity contribution >= 4 is 22.6 Å². The SMILES string of the molecule is CC(C)c1ccccc1OCCCn1c(C2CC(=O)N(c3ccccc3F)C2)nc2ccccc21. The van der Waals surface area contributed by atoms with E-state index in [1.54, 1.807) is 23.1 Å². The molecule has 0 N–H and O–H groups in total. The second kappa shape index (κ2) is 9.90. The molecule has 1 amide bonds. The molecule has 1 aliphatic rings. The van der Waals surface area contributed by atoms with Crippen molar-refractivity contribution in [1.29, 1.82) is 0 Å². The van der Waals surface area contributed by atoms with Crippen LogP contribution in [0.15, 0.2) is 72.8 Å². The molecule has 0 bridgehead atoms. The number of carbonyl (C=O) groups is 1. The lowest BCUT2D eigenvalue weighted by Crippen LogP contribution is -2.25. The molecular weight excluding hydrogens is 441 g/mol. The van der Waals surface area contributed by atoms with Crippen LogP contribution in [0.3, 0.4) is 0 Å². The van der Waals surface area contributed by atoms with E-state index in [1.165, 1.54) is 11.6 Å². The summed E-state index contributed by atoms with van der Waals surface area (Å²) in [5.41, 5.74) is 3.49. The number of nitrogens with zero attached hydrogens (tertiary/aromatic N) is 3. The van der Waals surface area contributed by atoms with Gasteiger partial charge in [-0.1, -0.05) is 56.3 Å². The zero-order valence-corrected chi connectivity index (χ0v) is 20.2. The molecule has 35 heavy (non-hydrogen) atoms. The third kappa shape index (κ3) is 4.65. The number of aryl methyl sites for hydroxylation is 1. The van der Waals surface area contributed by atoms with Crippen molar-refractivity contribution in [1.82, 2.24) is 9.55 Å². The Morgan fingerprint density at radius 1 is 1.03 bits per heavy atom. The summed E-state index contributed by atoms with van der Waals surface area (Å²) in [5, 5.41) is 0. The van der Waals surface area contributed by atoms with Crippen molar-refractivity contribution < 1.29 is 13.9 Å². The Morgan fingerprint density at radius 2 is 1.77 bits per heavy atom. The molecule has 0 aliphatic carbocycles. The summed E-state index contributed by atoms with van der Waals surface area (Å²) in [6.45, 7) is 6.06. The number of anilines is 1. The third-order valence-electron chi connectivity index (χ3n) is 6.64. The minimum atomic E-state index is -0.381. The molecule has 0 spiro atoms. The number of aromatic nitrogens is 2. The Morgan fingerprint density at radius 3 is 2.60 bits per heavy atom. The van der Waals surface area contributed by atoms with Crippen LogP contribution in [0.25, 0.3) is 11.0 Å². The number of benzene rings is 3. The molecule has 4 aromatic rings.